The van der Waals surface area contributed by atoms with Gasteiger partial charge in [-0.15, -0.1) is 11.3 Å². The summed E-state index contributed by atoms with van der Waals surface area (Å²) in [7, 11) is 0. The molecule has 0 aliphatic rings. The van der Waals surface area contributed by atoms with Gasteiger partial charge in [-0.3, -0.25) is 10.1 Å². The van der Waals surface area contributed by atoms with Crippen molar-refractivity contribution in [3.63, 3.8) is 0 Å². The maximum Gasteiger partial charge on any atom is 0.434 e. The van der Waals surface area contributed by atoms with Crippen LogP contribution in [0.1, 0.15) is 16.1 Å². The van der Waals surface area contributed by atoms with Gasteiger partial charge in [0.1, 0.15) is 5.15 Å². The molecule has 2 heterocycles. The summed E-state index contributed by atoms with van der Waals surface area (Å²) in [6.07, 6.45) is -3.14. The van der Waals surface area contributed by atoms with Crippen molar-refractivity contribution in [2.24, 2.45) is 0 Å². The number of hydrogen-bond acceptors (Lipinski definition) is 4. The first kappa shape index (κ1) is 13.8. The Labute approximate surface area is 114 Å². The number of nitrogens with zero attached hydrogens (tertiary/aromatic N) is 2. The molecule has 0 spiro atoms. The summed E-state index contributed by atoms with van der Waals surface area (Å²) in [4.78, 5) is 18.7. The zero-order valence-electron chi connectivity index (χ0n) is 9.03. The van der Waals surface area contributed by atoms with Crippen molar-refractivity contribution in [2.45, 2.75) is 6.18 Å². The number of alkyl halides is 3. The van der Waals surface area contributed by atoms with E-state index in [-0.39, 0.29) is 15.8 Å². The lowest BCUT2D eigenvalue weighted by atomic mass is 10.3. The molecule has 1 amide bonds. The van der Waals surface area contributed by atoms with E-state index in [0.717, 1.165) is 5.38 Å². The number of halogens is 4. The summed E-state index contributed by atoms with van der Waals surface area (Å²) in [6, 6.07) is 2.90. The van der Waals surface area contributed by atoms with Crippen LogP contribution in [0.3, 0.4) is 0 Å². The van der Waals surface area contributed by atoms with Crippen molar-refractivity contribution in [1.29, 1.82) is 0 Å². The molecule has 0 radical (unpaired) electrons. The average Bonchev–Trinajstić information content (AvgIpc) is 2.77. The summed E-state index contributed by atoms with van der Waals surface area (Å²) >= 11 is 6.37. The Hall–Kier alpha value is -1.67. The number of thiazole rings is 1. The normalized spacial score (nSPS) is 11.4. The SMILES string of the molecule is O=C(Nc1nc(C(F)(F)F)cs1)c1cccnc1Cl. The second-order valence-corrected chi connectivity index (χ2v) is 4.55. The van der Waals surface area contributed by atoms with Gasteiger partial charge in [0.25, 0.3) is 5.91 Å². The van der Waals surface area contributed by atoms with Gasteiger partial charge in [-0.25, -0.2) is 9.97 Å². The lowest BCUT2D eigenvalue weighted by Crippen LogP contribution is -2.13. The van der Waals surface area contributed by atoms with Crippen LogP contribution >= 0.6 is 22.9 Å². The number of pyridine rings is 1. The molecule has 0 aliphatic heterocycles. The van der Waals surface area contributed by atoms with E-state index in [0.29, 0.717) is 11.3 Å². The Morgan fingerprint density at radius 2 is 2.16 bits per heavy atom. The smallest absolute Gasteiger partial charge is 0.298 e. The van der Waals surface area contributed by atoms with Gasteiger partial charge in [0.2, 0.25) is 0 Å². The van der Waals surface area contributed by atoms with Crippen molar-refractivity contribution in [1.82, 2.24) is 9.97 Å². The predicted molar refractivity (Wildman–Crippen MR) is 64.3 cm³/mol. The molecule has 0 fully saturated rings. The average molecular weight is 308 g/mol. The van der Waals surface area contributed by atoms with Crippen molar-refractivity contribution in [3.05, 3.63) is 40.1 Å². The maximum atomic E-state index is 12.3. The van der Waals surface area contributed by atoms with Crippen LogP contribution in [0.4, 0.5) is 18.3 Å². The molecule has 2 aromatic heterocycles. The second kappa shape index (κ2) is 5.14. The minimum Gasteiger partial charge on any atom is -0.298 e. The third-order valence-corrected chi connectivity index (χ3v) is 3.08. The number of carbonyl (C=O) groups is 1. The molecule has 2 rings (SSSR count). The van der Waals surface area contributed by atoms with Crippen LogP contribution in [0.15, 0.2) is 23.7 Å². The van der Waals surface area contributed by atoms with Crippen molar-refractivity contribution in [3.8, 4) is 0 Å². The van der Waals surface area contributed by atoms with Crippen LogP contribution in [0, 0.1) is 0 Å². The predicted octanol–water partition coefficient (Wildman–Crippen LogP) is 3.46. The highest BCUT2D eigenvalue weighted by Crippen LogP contribution is 2.31. The van der Waals surface area contributed by atoms with E-state index < -0.39 is 17.8 Å². The first-order chi connectivity index (χ1) is 8.88. The number of aromatic nitrogens is 2. The molecule has 0 saturated carbocycles. The minimum absolute atomic E-state index is 0.0346. The molecule has 1 N–H and O–H groups in total. The summed E-state index contributed by atoms with van der Waals surface area (Å²) in [5, 5.41) is 2.87. The third-order valence-electron chi connectivity index (χ3n) is 2.02. The van der Waals surface area contributed by atoms with Crippen molar-refractivity contribution < 1.29 is 18.0 Å². The van der Waals surface area contributed by atoms with Crippen LogP contribution in [0.5, 0.6) is 0 Å². The highest BCUT2D eigenvalue weighted by molar-refractivity contribution is 7.14. The van der Waals surface area contributed by atoms with E-state index >= 15 is 0 Å². The van der Waals surface area contributed by atoms with E-state index in [2.05, 4.69) is 15.3 Å². The van der Waals surface area contributed by atoms with Crippen LogP contribution < -0.4 is 5.32 Å². The van der Waals surface area contributed by atoms with E-state index in [4.69, 9.17) is 11.6 Å². The quantitative estimate of drug-likeness (QED) is 0.864. The van der Waals surface area contributed by atoms with Gasteiger partial charge in [0.15, 0.2) is 10.8 Å². The second-order valence-electron chi connectivity index (χ2n) is 3.33. The number of amides is 1. The van der Waals surface area contributed by atoms with Crippen molar-refractivity contribution >= 4 is 34.0 Å². The molecular weight excluding hydrogens is 303 g/mol. The molecule has 9 heteroatoms. The van der Waals surface area contributed by atoms with Gasteiger partial charge >= 0.3 is 6.18 Å². The molecule has 4 nitrogen and oxygen atoms in total. The zero-order valence-corrected chi connectivity index (χ0v) is 10.6. The number of hydrogen-bond donors (Lipinski definition) is 1. The standard InChI is InChI=1S/C10H5ClF3N3OS/c11-7-5(2-1-3-15-7)8(18)17-9-16-6(4-19-9)10(12,13)14/h1-4H,(H,16,17,18). The minimum atomic E-state index is -4.54. The number of nitrogens with one attached hydrogen (secondary N) is 1. The molecule has 0 atom stereocenters. The molecule has 19 heavy (non-hydrogen) atoms. The third kappa shape index (κ3) is 3.21. The molecule has 0 aliphatic carbocycles. The summed E-state index contributed by atoms with van der Waals surface area (Å²) in [5.41, 5.74) is -0.988. The van der Waals surface area contributed by atoms with Gasteiger partial charge in [-0.1, -0.05) is 11.6 Å². The Balaban J connectivity index is 2.16. The molecular formula is C10H5ClF3N3OS. The first-order valence-electron chi connectivity index (χ1n) is 4.82. The highest BCUT2D eigenvalue weighted by atomic mass is 35.5. The highest BCUT2D eigenvalue weighted by Gasteiger charge is 2.33. The maximum absolute atomic E-state index is 12.3. The van der Waals surface area contributed by atoms with E-state index in [9.17, 15) is 18.0 Å². The number of carbonyl (C=O) groups excluding carboxylic acids is 1. The van der Waals surface area contributed by atoms with E-state index in [1.807, 2.05) is 0 Å². The Bertz CT molecular complexity index is 614. The van der Waals surface area contributed by atoms with Gasteiger partial charge in [0, 0.05) is 11.6 Å². The largest absolute Gasteiger partial charge is 0.434 e. The molecule has 0 bridgehead atoms. The van der Waals surface area contributed by atoms with Crippen molar-refractivity contribution in [2.75, 3.05) is 5.32 Å². The van der Waals surface area contributed by atoms with Crippen LogP contribution in [-0.4, -0.2) is 15.9 Å². The van der Waals surface area contributed by atoms with Crippen LogP contribution in [-0.2, 0) is 6.18 Å². The fourth-order valence-electron chi connectivity index (χ4n) is 1.18. The monoisotopic (exact) mass is 307 g/mol. The van der Waals surface area contributed by atoms with Crippen LogP contribution in [0.2, 0.25) is 5.15 Å². The summed E-state index contributed by atoms with van der Waals surface area (Å²) < 4.78 is 37.0. The summed E-state index contributed by atoms with van der Waals surface area (Å²) in [5.74, 6) is -0.666. The Kier molecular flexibility index (Phi) is 3.72. The Morgan fingerprint density at radius 1 is 1.42 bits per heavy atom. The summed E-state index contributed by atoms with van der Waals surface area (Å²) in [6.45, 7) is 0. The molecule has 0 saturated heterocycles. The van der Waals surface area contributed by atoms with Gasteiger partial charge in [0.05, 0.1) is 5.56 Å². The molecule has 0 aromatic carbocycles. The lowest BCUT2D eigenvalue weighted by molar-refractivity contribution is -0.140. The number of anilines is 1. The van der Waals surface area contributed by atoms with E-state index in [1.165, 1.54) is 18.3 Å². The topological polar surface area (TPSA) is 54.9 Å². The van der Waals surface area contributed by atoms with Gasteiger partial charge in [-0.2, -0.15) is 13.2 Å². The van der Waals surface area contributed by atoms with Crippen LogP contribution in [0.25, 0.3) is 0 Å². The molecule has 0 unspecified atom stereocenters. The van der Waals surface area contributed by atoms with Gasteiger partial charge in [-0.05, 0) is 12.1 Å². The first-order valence-corrected chi connectivity index (χ1v) is 6.08. The fourth-order valence-corrected chi connectivity index (χ4v) is 2.10. The van der Waals surface area contributed by atoms with Gasteiger partial charge < -0.3 is 0 Å². The fraction of sp³-hybridized carbons (Fsp3) is 0.100. The van der Waals surface area contributed by atoms with E-state index in [1.54, 1.807) is 0 Å². The molecule has 2 aromatic rings. The molecule has 100 valence electrons. The lowest BCUT2D eigenvalue weighted by Gasteiger charge is -2.03. The number of rotatable bonds is 2. The zero-order chi connectivity index (χ0) is 14.0. The Morgan fingerprint density at radius 3 is 2.74 bits per heavy atom.